The van der Waals surface area contributed by atoms with Gasteiger partial charge >= 0.3 is 0 Å². The van der Waals surface area contributed by atoms with Crippen LogP contribution in [0, 0.1) is 11.3 Å². The summed E-state index contributed by atoms with van der Waals surface area (Å²) < 4.78 is 32.1. The number of halogens is 1. The average Bonchev–Trinajstić information content (AvgIpc) is 3.29. The number of carbonyl (C=O) groups excluding carboxylic acids is 1. The van der Waals surface area contributed by atoms with Gasteiger partial charge in [-0.3, -0.25) is 10.1 Å². The quantitative estimate of drug-likeness (QED) is 0.481. The number of hydrogen-bond donors (Lipinski definition) is 1. The van der Waals surface area contributed by atoms with Crippen molar-refractivity contribution in [3.63, 3.8) is 0 Å². The molecule has 0 bridgehead atoms. The van der Waals surface area contributed by atoms with E-state index in [1.807, 2.05) is 0 Å². The molecule has 2 aromatic heterocycles. The summed E-state index contributed by atoms with van der Waals surface area (Å²) in [5.41, 5.74) is 0.421. The van der Waals surface area contributed by atoms with Crippen LogP contribution in [0.25, 0.3) is 17.4 Å². The number of furan rings is 1. The van der Waals surface area contributed by atoms with E-state index in [0.29, 0.717) is 27.9 Å². The summed E-state index contributed by atoms with van der Waals surface area (Å²) in [5, 5.41) is 11.7. The predicted octanol–water partition coefficient (Wildman–Crippen LogP) is 3.40. The summed E-state index contributed by atoms with van der Waals surface area (Å²) in [7, 11) is -3.59. The Morgan fingerprint density at radius 1 is 1.32 bits per heavy atom. The molecule has 28 heavy (non-hydrogen) atoms. The largest absolute Gasteiger partial charge is 0.457 e. The SMILES string of the molecule is CS(=O)(=O)c1nsc(NC(=O)C(C#N)=Cc2ccc(-c3ccccc3Cl)o2)n1. The Morgan fingerprint density at radius 3 is 2.71 bits per heavy atom. The van der Waals surface area contributed by atoms with Crippen LogP contribution >= 0.6 is 23.1 Å². The molecule has 0 aliphatic heterocycles. The van der Waals surface area contributed by atoms with Crippen LogP contribution in [-0.4, -0.2) is 29.9 Å². The number of aromatic nitrogens is 2. The monoisotopic (exact) mass is 434 g/mol. The molecule has 0 unspecified atom stereocenters. The van der Waals surface area contributed by atoms with Crippen molar-refractivity contribution in [1.82, 2.24) is 9.36 Å². The second kappa shape index (κ2) is 7.93. The molecular weight excluding hydrogens is 424 g/mol. The fourth-order valence-corrected chi connectivity index (χ4v) is 3.77. The third kappa shape index (κ3) is 4.45. The van der Waals surface area contributed by atoms with Crippen LogP contribution < -0.4 is 5.32 Å². The fraction of sp³-hybridized carbons (Fsp3) is 0.0588. The second-order valence-electron chi connectivity index (χ2n) is 5.46. The summed E-state index contributed by atoms with van der Waals surface area (Å²) in [6.07, 6.45) is 2.21. The lowest BCUT2D eigenvalue weighted by Crippen LogP contribution is -2.13. The van der Waals surface area contributed by atoms with E-state index in [-0.39, 0.29) is 16.5 Å². The first-order chi connectivity index (χ1) is 13.3. The zero-order chi connectivity index (χ0) is 20.3. The van der Waals surface area contributed by atoms with Crippen molar-refractivity contribution in [2.24, 2.45) is 0 Å². The van der Waals surface area contributed by atoms with Crippen LogP contribution in [0.1, 0.15) is 5.76 Å². The Hall–Kier alpha value is -3.00. The van der Waals surface area contributed by atoms with Crippen LogP contribution in [0.5, 0.6) is 0 Å². The minimum absolute atomic E-state index is 0.0391. The van der Waals surface area contributed by atoms with Gasteiger partial charge in [-0.25, -0.2) is 8.42 Å². The molecule has 0 spiro atoms. The van der Waals surface area contributed by atoms with Crippen LogP contribution in [0.4, 0.5) is 5.13 Å². The fourth-order valence-electron chi connectivity index (χ4n) is 2.10. The maximum atomic E-state index is 12.3. The Balaban J connectivity index is 1.81. The summed E-state index contributed by atoms with van der Waals surface area (Å²) in [6, 6.07) is 12.1. The number of carbonyl (C=O) groups is 1. The van der Waals surface area contributed by atoms with Crippen molar-refractivity contribution in [1.29, 1.82) is 5.26 Å². The Bertz CT molecular complexity index is 1220. The number of rotatable bonds is 5. The zero-order valence-corrected chi connectivity index (χ0v) is 16.6. The van der Waals surface area contributed by atoms with Gasteiger partial charge in [0.05, 0.1) is 5.02 Å². The molecule has 0 saturated carbocycles. The van der Waals surface area contributed by atoms with Gasteiger partial charge in [-0.15, -0.1) is 0 Å². The molecule has 0 atom stereocenters. The molecule has 1 N–H and O–H groups in total. The standard InChI is InChI=1S/C17H11ClN4O4S2/c1-28(24,25)17-21-16(27-22-17)20-15(23)10(9-19)8-11-6-7-14(26-11)12-4-2-3-5-13(12)18/h2-8H,1H3,(H,20,21,22,23). The zero-order valence-electron chi connectivity index (χ0n) is 14.2. The summed E-state index contributed by atoms with van der Waals surface area (Å²) in [4.78, 5) is 16.0. The first-order valence-electron chi connectivity index (χ1n) is 7.59. The number of benzene rings is 1. The van der Waals surface area contributed by atoms with Crippen LogP contribution in [0.3, 0.4) is 0 Å². The lowest BCUT2D eigenvalue weighted by Gasteiger charge is -2.00. The average molecular weight is 435 g/mol. The maximum absolute atomic E-state index is 12.3. The molecule has 0 fully saturated rings. The van der Waals surface area contributed by atoms with Crippen molar-refractivity contribution in [3.05, 3.63) is 52.8 Å². The molecule has 0 aliphatic carbocycles. The highest BCUT2D eigenvalue weighted by Crippen LogP contribution is 2.29. The Morgan fingerprint density at radius 2 is 2.07 bits per heavy atom. The Kier molecular flexibility index (Phi) is 5.60. The summed E-state index contributed by atoms with van der Waals surface area (Å²) >= 11 is 6.82. The van der Waals surface area contributed by atoms with Gasteiger partial charge in [0, 0.05) is 29.4 Å². The van der Waals surface area contributed by atoms with Crippen molar-refractivity contribution in [2.75, 3.05) is 11.6 Å². The van der Waals surface area contributed by atoms with E-state index in [9.17, 15) is 18.5 Å². The molecule has 142 valence electrons. The van der Waals surface area contributed by atoms with Gasteiger partial charge in [0.2, 0.25) is 15.0 Å². The molecule has 1 aromatic carbocycles. The first-order valence-corrected chi connectivity index (χ1v) is 10.6. The summed E-state index contributed by atoms with van der Waals surface area (Å²) in [6.45, 7) is 0. The van der Waals surface area contributed by atoms with Gasteiger partial charge < -0.3 is 4.42 Å². The smallest absolute Gasteiger partial charge is 0.268 e. The molecule has 3 rings (SSSR count). The third-order valence-corrected chi connectivity index (χ3v) is 5.30. The topological polar surface area (TPSA) is 126 Å². The predicted molar refractivity (Wildman–Crippen MR) is 104 cm³/mol. The number of nitriles is 1. The van der Waals surface area contributed by atoms with E-state index in [2.05, 4.69) is 14.7 Å². The molecule has 8 nitrogen and oxygen atoms in total. The van der Waals surface area contributed by atoms with Crippen molar-refractivity contribution < 1.29 is 17.6 Å². The van der Waals surface area contributed by atoms with Gasteiger partial charge in [0.1, 0.15) is 23.2 Å². The normalized spacial score (nSPS) is 11.8. The first kappa shape index (κ1) is 19.8. The van der Waals surface area contributed by atoms with Crippen LogP contribution in [0.15, 0.2) is 51.5 Å². The Labute approximate surface area is 169 Å². The van der Waals surface area contributed by atoms with E-state index in [1.165, 1.54) is 6.08 Å². The highest BCUT2D eigenvalue weighted by atomic mass is 35.5. The van der Waals surface area contributed by atoms with Gasteiger partial charge in [-0.1, -0.05) is 23.7 Å². The highest BCUT2D eigenvalue weighted by Gasteiger charge is 2.18. The minimum Gasteiger partial charge on any atom is -0.457 e. The molecule has 3 aromatic rings. The third-order valence-electron chi connectivity index (χ3n) is 3.38. The molecule has 11 heteroatoms. The van der Waals surface area contributed by atoms with Crippen molar-refractivity contribution in [3.8, 4) is 17.4 Å². The highest BCUT2D eigenvalue weighted by molar-refractivity contribution is 7.90. The molecule has 0 radical (unpaired) electrons. The maximum Gasteiger partial charge on any atom is 0.268 e. The number of amides is 1. The van der Waals surface area contributed by atoms with E-state index in [0.717, 1.165) is 6.26 Å². The van der Waals surface area contributed by atoms with E-state index in [1.54, 1.807) is 42.5 Å². The van der Waals surface area contributed by atoms with Gasteiger partial charge in [-0.2, -0.15) is 14.6 Å². The van der Waals surface area contributed by atoms with Crippen LogP contribution in [-0.2, 0) is 14.6 Å². The lowest BCUT2D eigenvalue weighted by molar-refractivity contribution is -0.112. The second-order valence-corrected chi connectivity index (χ2v) is 8.53. The molecule has 1 amide bonds. The van der Waals surface area contributed by atoms with Gasteiger partial charge in [0.25, 0.3) is 11.1 Å². The number of nitrogens with zero attached hydrogens (tertiary/aromatic N) is 3. The molecule has 2 heterocycles. The van der Waals surface area contributed by atoms with Gasteiger partial charge in [-0.05, 0) is 24.3 Å². The molecular formula is C17H11ClN4O4S2. The number of hydrogen-bond acceptors (Lipinski definition) is 8. The van der Waals surface area contributed by atoms with Crippen LogP contribution in [0.2, 0.25) is 5.02 Å². The number of sulfone groups is 1. The molecule has 0 saturated heterocycles. The number of nitrogens with one attached hydrogen (secondary N) is 1. The summed E-state index contributed by atoms with van der Waals surface area (Å²) in [5.74, 6) is -0.0124. The van der Waals surface area contributed by atoms with Crippen molar-refractivity contribution in [2.45, 2.75) is 5.16 Å². The lowest BCUT2D eigenvalue weighted by atomic mass is 10.2. The van der Waals surface area contributed by atoms with Gasteiger partial charge in [0.15, 0.2) is 0 Å². The minimum atomic E-state index is -3.59. The number of anilines is 1. The van der Waals surface area contributed by atoms with E-state index >= 15 is 0 Å². The molecule has 0 aliphatic rings. The van der Waals surface area contributed by atoms with E-state index < -0.39 is 20.9 Å². The van der Waals surface area contributed by atoms with Crippen molar-refractivity contribution >= 4 is 50.1 Å². The van der Waals surface area contributed by atoms with E-state index in [4.69, 9.17) is 16.0 Å².